The van der Waals surface area contributed by atoms with Crippen LogP contribution in [0.2, 0.25) is 19.6 Å². The van der Waals surface area contributed by atoms with Gasteiger partial charge in [-0.3, -0.25) is 0 Å². The van der Waals surface area contributed by atoms with Crippen molar-refractivity contribution in [3.63, 3.8) is 0 Å². The van der Waals surface area contributed by atoms with Crippen LogP contribution in [-0.2, 0) is 32.9 Å². The van der Waals surface area contributed by atoms with Gasteiger partial charge >= 0.3 is 0 Å². The molecule has 1 radical (unpaired) electrons. The second kappa shape index (κ2) is 15.0. The second-order valence-corrected chi connectivity index (χ2v) is 19.4. The fourth-order valence-electron chi connectivity index (χ4n) is 6.04. The van der Waals surface area contributed by atoms with Crippen molar-refractivity contribution in [1.29, 1.82) is 0 Å². The van der Waals surface area contributed by atoms with Crippen molar-refractivity contribution in [2.24, 2.45) is 11.3 Å². The van der Waals surface area contributed by atoms with E-state index in [4.69, 9.17) is 14.0 Å². The molecule has 6 aromatic rings. The Balaban J connectivity index is 0.000000217. The van der Waals surface area contributed by atoms with E-state index in [0.717, 1.165) is 58.5 Å². The standard InChI is InChI=1S/C23H21N2O.C19H26NSi.Ir/c1-15-9-10-19-18-7-4-8-20(22(18)26-23(19)25-15)21-14-17(11-12-24-21)13-16-5-2-3-6-16;1-19(2,3)13-16-12-17(15-10-8-7-9-11-15)20-14-18(16)21(4,5)6;/h4,7,9-12,14,16H,2-3,5-6,13H2,1H3;7-10,12,14H,13H2,1-6H3;/q2*-1;/i1D3,13D2;13D2;. The van der Waals surface area contributed by atoms with Crippen molar-refractivity contribution in [1.82, 2.24) is 15.0 Å². The molecular weight excluding hydrogens is 783 g/mol. The van der Waals surface area contributed by atoms with E-state index in [1.165, 1.54) is 6.07 Å². The van der Waals surface area contributed by atoms with E-state index in [2.05, 4.69) is 46.7 Å². The first kappa shape index (κ1) is 27.4. The van der Waals surface area contributed by atoms with Gasteiger partial charge in [0, 0.05) is 53.2 Å². The van der Waals surface area contributed by atoms with Gasteiger partial charge < -0.3 is 14.4 Å². The van der Waals surface area contributed by atoms with Crippen molar-refractivity contribution in [3.8, 4) is 22.5 Å². The molecule has 1 saturated carbocycles. The predicted octanol–water partition coefficient (Wildman–Crippen LogP) is 10.6. The summed E-state index contributed by atoms with van der Waals surface area (Å²) in [6, 6.07) is 26.3. The van der Waals surface area contributed by atoms with Gasteiger partial charge in [0.1, 0.15) is 0 Å². The summed E-state index contributed by atoms with van der Waals surface area (Å²) < 4.78 is 63.6. The zero-order chi connectivity index (χ0) is 39.3. The Labute approximate surface area is 311 Å². The number of aryl methyl sites for hydroxylation is 1. The summed E-state index contributed by atoms with van der Waals surface area (Å²) in [6.45, 7) is 10.3. The van der Waals surface area contributed by atoms with E-state index >= 15 is 0 Å². The smallest absolute Gasteiger partial charge is 0.216 e. The number of pyridine rings is 3. The number of hydrogen-bond donors (Lipinski definition) is 0. The molecule has 48 heavy (non-hydrogen) atoms. The first-order valence-electron chi connectivity index (χ1n) is 19.9. The van der Waals surface area contributed by atoms with Gasteiger partial charge in [-0.05, 0) is 65.7 Å². The molecule has 1 fully saturated rings. The molecule has 0 unspecified atom stereocenters. The van der Waals surface area contributed by atoms with Crippen molar-refractivity contribution < 1.29 is 34.1 Å². The number of benzene rings is 2. The quantitative estimate of drug-likeness (QED) is 0.124. The molecular formula is C42H47IrN3OSi-2. The van der Waals surface area contributed by atoms with Gasteiger partial charge in [0.15, 0.2) is 0 Å². The first-order valence-corrected chi connectivity index (χ1v) is 19.9. The van der Waals surface area contributed by atoms with Crippen LogP contribution in [0.25, 0.3) is 44.6 Å². The van der Waals surface area contributed by atoms with Crippen molar-refractivity contribution in [2.45, 2.75) is 85.7 Å². The molecule has 0 amide bonds. The Bertz CT molecular complexity index is 2270. The Kier molecular flexibility index (Phi) is 8.55. The van der Waals surface area contributed by atoms with Gasteiger partial charge in [-0.15, -0.1) is 54.1 Å². The number of furan rings is 1. The summed E-state index contributed by atoms with van der Waals surface area (Å²) in [5.41, 5.74) is 4.52. The number of hydrogen-bond acceptors (Lipinski definition) is 4. The Morgan fingerprint density at radius 1 is 0.938 bits per heavy atom. The van der Waals surface area contributed by atoms with Crippen molar-refractivity contribution in [3.05, 3.63) is 108 Å². The van der Waals surface area contributed by atoms with E-state index in [9.17, 15) is 0 Å². The zero-order valence-electron chi connectivity index (χ0n) is 35.5. The SMILES string of the molecule is [2H]C([2H])([2H])c1ccc2c(n1)oc1c(-c3cc(C([2H])([2H])C4CCCC4)ccn3)[c-]ccc12.[2H]C([2H])(c1cc(-c2[c-]cccc2)ncc1[Si](C)(C)C)C(C)(C)C.[Ir]. The van der Waals surface area contributed by atoms with Crippen LogP contribution in [0.3, 0.4) is 0 Å². The van der Waals surface area contributed by atoms with Crippen LogP contribution in [0.1, 0.15) is 72.9 Å². The maximum Gasteiger partial charge on any atom is 0.216 e. The molecule has 0 aliphatic heterocycles. The summed E-state index contributed by atoms with van der Waals surface area (Å²) in [5, 5.41) is 2.60. The van der Waals surface area contributed by atoms with E-state index in [0.29, 0.717) is 22.4 Å². The fraction of sp³-hybridized carbons (Fsp3) is 0.357. The largest absolute Gasteiger partial charge is 0.486 e. The maximum atomic E-state index is 8.75. The van der Waals surface area contributed by atoms with Crippen LogP contribution in [0.4, 0.5) is 0 Å². The molecule has 0 bridgehead atoms. The van der Waals surface area contributed by atoms with E-state index in [1.807, 2.05) is 63.4 Å². The minimum Gasteiger partial charge on any atom is -0.486 e. The van der Waals surface area contributed by atoms with E-state index < -0.39 is 33.1 Å². The molecule has 0 saturated heterocycles. The summed E-state index contributed by atoms with van der Waals surface area (Å²) >= 11 is 0. The molecule has 0 atom stereocenters. The molecule has 1 aliphatic rings. The molecule has 4 aromatic heterocycles. The number of aromatic nitrogens is 3. The fourth-order valence-corrected chi connectivity index (χ4v) is 7.43. The number of rotatable bonds is 6. The van der Waals surface area contributed by atoms with E-state index in [-0.39, 0.29) is 37.4 Å². The van der Waals surface area contributed by atoms with Gasteiger partial charge in [-0.25, -0.2) is 4.98 Å². The van der Waals surface area contributed by atoms with E-state index in [1.54, 1.807) is 30.5 Å². The third-order valence-electron chi connectivity index (χ3n) is 8.25. The van der Waals surface area contributed by atoms with Crippen molar-refractivity contribution >= 4 is 35.3 Å². The number of fused-ring (bicyclic) bond motifs is 3. The summed E-state index contributed by atoms with van der Waals surface area (Å²) in [6.07, 6.45) is 4.60. The molecule has 0 N–H and O–H groups in total. The second-order valence-electron chi connectivity index (χ2n) is 14.3. The first-order chi connectivity index (χ1) is 25.2. The molecule has 7 rings (SSSR count). The predicted molar refractivity (Wildman–Crippen MR) is 199 cm³/mol. The summed E-state index contributed by atoms with van der Waals surface area (Å²) in [7, 11) is -1.70. The molecule has 0 spiro atoms. The van der Waals surface area contributed by atoms with Gasteiger partial charge in [0.25, 0.3) is 0 Å². The third-order valence-corrected chi connectivity index (χ3v) is 10.3. The van der Waals surface area contributed by atoms with Crippen LogP contribution in [0.5, 0.6) is 0 Å². The Morgan fingerprint density at radius 3 is 2.46 bits per heavy atom. The molecule has 2 aromatic carbocycles. The summed E-state index contributed by atoms with van der Waals surface area (Å²) in [4.78, 5) is 13.3. The summed E-state index contributed by atoms with van der Waals surface area (Å²) in [5.74, 6) is 0.0104. The molecule has 1 aliphatic carbocycles. The Morgan fingerprint density at radius 2 is 1.75 bits per heavy atom. The maximum absolute atomic E-state index is 8.75. The zero-order valence-corrected chi connectivity index (χ0v) is 31.9. The number of nitrogens with zero attached hydrogens (tertiary/aromatic N) is 3. The molecule has 4 heterocycles. The minimum atomic E-state index is -2.32. The van der Waals surface area contributed by atoms with Crippen LogP contribution in [-0.4, -0.2) is 23.0 Å². The van der Waals surface area contributed by atoms with Gasteiger partial charge in [0.2, 0.25) is 5.71 Å². The minimum absolute atomic E-state index is 0. The van der Waals surface area contributed by atoms with Crippen LogP contribution >= 0.6 is 0 Å². The van der Waals surface area contributed by atoms with Gasteiger partial charge in [-0.2, -0.15) is 0 Å². The van der Waals surface area contributed by atoms with Gasteiger partial charge in [-0.1, -0.05) is 100 Å². The van der Waals surface area contributed by atoms with Crippen LogP contribution < -0.4 is 5.19 Å². The topological polar surface area (TPSA) is 51.8 Å². The average molecular weight is 837 g/mol. The van der Waals surface area contributed by atoms with Crippen LogP contribution in [0, 0.1) is 30.3 Å². The Hall–Kier alpha value is -3.44. The molecule has 251 valence electrons. The van der Waals surface area contributed by atoms with Crippen molar-refractivity contribution in [2.75, 3.05) is 0 Å². The van der Waals surface area contributed by atoms with Gasteiger partial charge in [0.05, 0.1) is 13.7 Å². The molecule has 4 nitrogen and oxygen atoms in total. The normalized spacial score (nSPS) is 16.8. The average Bonchev–Trinajstić information content (AvgIpc) is 3.80. The monoisotopic (exact) mass is 837 g/mol. The molecule has 6 heteroatoms. The third kappa shape index (κ3) is 8.58. The van der Waals surface area contributed by atoms with Crippen LogP contribution in [0.15, 0.2) is 83.5 Å².